The standard InChI is InChI=1S/C24H21BrF4N4O8S2/c1-9(34)38-7-16-20(39-10(2)35)19(33-6-15(31-32-33)22-30-18(37)8-42-22)21(40-11(3)36)23(41-16)43-17-5-13(25)12(4-14(17)26)24(27,28)29/h4-6,8,16,19-21,23,37H,7H2,1-3H3. The summed E-state index contributed by atoms with van der Waals surface area (Å²) in [6, 6.07) is -0.0395. The van der Waals surface area contributed by atoms with Crippen LogP contribution < -0.4 is 0 Å². The second-order valence-corrected chi connectivity index (χ2v) is 11.8. The number of thioether (sulfide) groups is 1. The molecule has 0 radical (unpaired) electrons. The Morgan fingerprint density at radius 1 is 1.14 bits per heavy atom. The number of alkyl halides is 3. The van der Waals surface area contributed by atoms with Crippen LogP contribution in [0.4, 0.5) is 17.6 Å². The minimum atomic E-state index is -4.85. The van der Waals surface area contributed by atoms with Crippen molar-refractivity contribution in [3.05, 3.63) is 39.6 Å². The van der Waals surface area contributed by atoms with Crippen molar-refractivity contribution in [2.45, 2.75) is 61.6 Å². The number of hydrogen-bond acceptors (Lipinski definition) is 13. The summed E-state index contributed by atoms with van der Waals surface area (Å²) >= 11 is 4.44. The molecule has 5 unspecified atom stereocenters. The van der Waals surface area contributed by atoms with Crippen molar-refractivity contribution < 1.29 is 56.0 Å². The predicted molar refractivity (Wildman–Crippen MR) is 143 cm³/mol. The molecule has 3 aromatic rings. The lowest BCUT2D eigenvalue weighted by molar-refractivity contribution is -0.212. The van der Waals surface area contributed by atoms with Gasteiger partial charge in [0.25, 0.3) is 0 Å². The molecule has 0 spiro atoms. The van der Waals surface area contributed by atoms with E-state index in [1.807, 2.05) is 0 Å². The quantitative estimate of drug-likeness (QED) is 0.199. The van der Waals surface area contributed by atoms with Crippen LogP contribution in [0.25, 0.3) is 10.7 Å². The van der Waals surface area contributed by atoms with Gasteiger partial charge in [-0.1, -0.05) is 32.9 Å². The molecule has 0 amide bonds. The van der Waals surface area contributed by atoms with Crippen molar-refractivity contribution in [3.63, 3.8) is 0 Å². The van der Waals surface area contributed by atoms with Crippen molar-refractivity contribution in [1.82, 2.24) is 20.0 Å². The van der Waals surface area contributed by atoms with E-state index in [1.54, 1.807) is 0 Å². The van der Waals surface area contributed by atoms with Crippen LogP contribution in [0.2, 0.25) is 0 Å². The maximum Gasteiger partial charge on any atom is 0.417 e. The first kappa shape index (κ1) is 32.6. The highest BCUT2D eigenvalue weighted by atomic mass is 79.9. The van der Waals surface area contributed by atoms with Crippen molar-refractivity contribution in [3.8, 4) is 16.6 Å². The van der Waals surface area contributed by atoms with Crippen molar-refractivity contribution in [2.75, 3.05) is 6.61 Å². The number of nitrogens with zero attached hydrogens (tertiary/aromatic N) is 4. The summed E-state index contributed by atoms with van der Waals surface area (Å²) < 4.78 is 78.0. The highest BCUT2D eigenvalue weighted by Crippen LogP contribution is 2.44. The van der Waals surface area contributed by atoms with Crippen LogP contribution >= 0.6 is 39.0 Å². The van der Waals surface area contributed by atoms with Gasteiger partial charge in [0.1, 0.15) is 40.7 Å². The molecule has 1 aromatic carbocycles. The van der Waals surface area contributed by atoms with Crippen molar-refractivity contribution in [1.29, 1.82) is 0 Å². The van der Waals surface area contributed by atoms with Gasteiger partial charge in [-0.2, -0.15) is 13.2 Å². The molecule has 4 rings (SSSR count). The van der Waals surface area contributed by atoms with E-state index in [0.29, 0.717) is 17.8 Å². The number of rotatable bonds is 8. The van der Waals surface area contributed by atoms with Gasteiger partial charge in [-0.05, 0) is 12.1 Å². The summed E-state index contributed by atoms with van der Waals surface area (Å²) in [5.41, 5.74) is -2.44. The fourth-order valence-electron chi connectivity index (χ4n) is 4.14. The second kappa shape index (κ2) is 13.1. The Kier molecular flexibility index (Phi) is 9.97. The summed E-state index contributed by atoms with van der Waals surface area (Å²) in [7, 11) is 0. The summed E-state index contributed by atoms with van der Waals surface area (Å²) in [5.74, 6) is -3.84. The molecule has 2 aromatic heterocycles. The number of hydrogen-bond donors (Lipinski definition) is 1. The van der Waals surface area contributed by atoms with Gasteiger partial charge in [0.15, 0.2) is 12.2 Å². The van der Waals surface area contributed by atoms with E-state index >= 15 is 4.39 Å². The van der Waals surface area contributed by atoms with Crippen LogP contribution in [0.3, 0.4) is 0 Å². The van der Waals surface area contributed by atoms with E-state index in [4.69, 9.17) is 18.9 Å². The van der Waals surface area contributed by atoms with Gasteiger partial charge in [-0.15, -0.1) is 16.4 Å². The largest absolute Gasteiger partial charge is 0.493 e. The van der Waals surface area contributed by atoms with E-state index in [-0.39, 0.29) is 21.5 Å². The first-order chi connectivity index (χ1) is 20.1. The topological polar surface area (TPSA) is 152 Å². The third-order valence-electron chi connectivity index (χ3n) is 5.77. The Morgan fingerprint density at radius 2 is 1.81 bits per heavy atom. The zero-order valence-corrected chi connectivity index (χ0v) is 25.4. The molecule has 1 aliphatic rings. The number of esters is 3. The maximum absolute atomic E-state index is 15.0. The smallest absolute Gasteiger partial charge is 0.417 e. The molecule has 0 bridgehead atoms. The molecule has 0 saturated carbocycles. The third kappa shape index (κ3) is 7.81. The van der Waals surface area contributed by atoms with Gasteiger partial charge in [-0.25, -0.2) is 14.1 Å². The van der Waals surface area contributed by atoms with E-state index in [0.717, 1.165) is 38.2 Å². The van der Waals surface area contributed by atoms with Crippen LogP contribution in [0.15, 0.2) is 33.1 Å². The third-order valence-corrected chi connectivity index (χ3v) is 8.46. The Balaban J connectivity index is 1.82. The average Bonchev–Trinajstić information content (AvgIpc) is 3.54. The number of benzene rings is 1. The predicted octanol–water partition coefficient (Wildman–Crippen LogP) is 4.51. The Morgan fingerprint density at radius 3 is 2.40 bits per heavy atom. The van der Waals surface area contributed by atoms with E-state index in [1.165, 1.54) is 16.3 Å². The molecule has 12 nitrogen and oxygen atoms in total. The Hall–Kier alpha value is -3.29. The average molecular weight is 713 g/mol. The number of carbonyl (C=O) groups excluding carboxylic acids is 3. The molecule has 1 N–H and O–H groups in total. The fourth-order valence-corrected chi connectivity index (χ4v) is 6.65. The summed E-state index contributed by atoms with van der Waals surface area (Å²) in [6.07, 6.45) is -7.48. The molecule has 3 heterocycles. The van der Waals surface area contributed by atoms with Gasteiger partial charge >= 0.3 is 24.1 Å². The number of halogens is 5. The number of ether oxygens (including phenoxy) is 4. The van der Waals surface area contributed by atoms with Gasteiger partial charge in [0, 0.05) is 30.1 Å². The summed E-state index contributed by atoms with van der Waals surface area (Å²) in [6.45, 7) is 2.82. The molecule has 1 fully saturated rings. The Bertz CT molecular complexity index is 1520. The van der Waals surface area contributed by atoms with Gasteiger partial charge in [0.05, 0.1) is 17.1 Å². The maximum atomic E-state index is 15.0. The number of thiazole rings is 1. The minimum absolute atomic E-state index is 0.179. The Labute approximate surface area is 256 Å². The van der Waals surface area contributed by atoms with Crippen molar-refractivity contribution >= 4 is 56.9 Å². The lowest BCUT2D eigenvalue weighted by atomic mass is 9.96. The van der Waals surface area contributed by atoms with Crippen LogP contribution in [-0.2, 0) is 39.5 Å². The zero-order chi connectivity index (χ0) is 31.6. The lowest BCUT2D eigenvalue weighted by Gasteiger charge is -2.44. The zero-order valence-electron chi connectivity index (χ0n) is 22.2. The first-order valence-electron chi connectivity index (χ1n) is 12.1. The highest BCUT2D eigenvalue weighted by molar-refractivity contribution is 9.10. The fraction of sp³-hybridized carbons (Fsp3) is 0.417. The molecular formula is C24H21BrF4N4O8S2. The minimum Gasteiger partial charge on any atom is -0.493 e. The monoisotopic (exact) mass is 712 g/mol. The van der Waals surface area contributed by atoms with Crippen LogP contribution in [0.1, 0.15) is 32.4 Å². The second-order valence-electron chi connectivity index (χ2n) is 8.96. The van der Waals surface area contributed by atoms with Crippen LogP contribution in [0, 0.1) is 5.82 Å². The van der Waals surface area contributed by atoms with Crippen LogP contribution in [0.5, 0.6) is 5.88 Å². The molecule has 232 valence electrons. The first-order valence-corrected chi connectivity index (χ1v) is 14.6. The molecular weight excluding hydrogens is 692 g/mol. The van der Waals surface area contributed by atoms with Gasteiger partial charge in [0.2, 0.25) is 5.88 Å². The van der Waals surface area contributed by atoms with E-state index < -0.39 is 76.3 Å². The molecule has 0 aliphatic carbocycles. The SMILES string of the molecule is CC(=O)OCC1OC(Sc2cc(Br)c(C(F)(F)F)cc2F)C(OC(C)=O)C(n2cc(-c3nc(O)cs3)nn2)C1OC(C)=O. The van der Waals surface area contributed by atoms with Crippen LogP contribution in [-0.4, -0.2) is 73.3 Å². The molecule has 5 atom stereocenters. The van der Waals surface area contributed by atoms with Gasteiger partial charge in [-0.3, -0.25) is 14.4 Å². The molecule has 1 saturated heterocycles. The number of carbonyl (C=O) groups is 3. The highest BCUT2D eigenvalue weighted by Gasteiger charge is 2.52. The van der Waals surface area contributed by atoms with Gasteiger partial charge < -0.3 is 24.1 Å². The lowest BCUT2D eigenvalue weighted by Crippen LogP contribution is -2.57. The molecule has 43 heavy (non-hydrogen) atoms. The normalized spacial score (nSPS) is 22.2. The number of aromatic hydroxyl groups is 1. The summed E-state index contributed by atoms with van der Waals surface area (Å²) in [5, 5.41) is 19.4. The molecule has 1 aliphatic heterocycles. The van der Waals surface area contributed by atoms with Crippen molar-refractivity contribution in [2.24, 2.45) is 0 Å². The van der Waals surface area contributed by atoms with E-state index in [9.17, 15) is 32.7 Å². The summed E-state index contributed by atoms with van der Waals surface area (Å²) in [4.78, 5) is 39.7. The number of aromatic nitrogens is 4. The van der Waals surface area contributed by atoms with E-state index in [2.05, 4.69) is 31.2 Å². The molecule has 19 heteroatoms.